The average Bonchev–Trinajstić information content (AvgIpc) is 3.15. The average molecular weight is 481 g/mol. The molecular formula is C27H24N6O3. The summed E-state index contributed by atoms with van der Waals surface area (Å²) in [4.78, 5) is 22.8. The molecule has 2 aromatic heterocycles. The van der Waals surface area contributed by atoms with Crippen LogP contribution >= 0.6 is 0 Å². The Labute approximate surface area is 207 Å². The molecule has 0 bridgehead atoms. The third kappa shape index (κ3) is 4.07. The summed E-state index contributed by atoms with van der Waals surface area (Å²) in [6.45, 7) is 1.95. The summed E-state index contributed by atoms with van der Waals surface area (Å²) in [5.74, 6) is 0.799. The van der Waals surface area contributed by atoms with E-state index in [0.29, 0.717) is 44.9 Å². The monoisotopic (exact) mass is 480 g/mol. The van der Waals surface area contributed by atoms with E-state index in [1.54, 1.807) is 26.5 Å². The van der Waals surface area contributed by atoms with E-state index < -0.39 is 5.91 Å². The molecular weight excluding hydrogens is 456 g/mol. The number of rotatable bonds is 6. The molecule has 0 fully saturated rings. The molecule has 9 heteroatoms. The fraction of sp³-hybridized carbons (Fsp3) is 0.111. The van der Waals surface area contributed by atoms with Crippen molar-refractivity contribution in [3.8, 4) is 11.5 Å². The molecule has 2 heterocycles. The van der Waals surface area contributed by atoms with Gasteiger partial charge in [-0.25, -0.2) is 9.97 Å². The van der Waals surface area contributed by atoms with Gasteiger partial charge in [-0.3, -0.25) is 4.79 Å². The highest BCUT2D eigenvalue weighted by atomic mass is 16.5. The summed E-state index contributed by atoms with van der Waals surface area (Å²) in [6, 6.07) is 20.4. The number of para-hydroxylation sites is 3. The number of hydrogen-bond donors (Lipinski definition) is 2. The van der Waals surface area contributed by atoms with E-state index in [9.17, 15) is 4.79 Å². The number of fused-ring (bicyclic) bond motifs is 2. The molecule has 0 radical (unpaired) electrons. The molecule has 0 aliphatic carbocycles. The Hall–Kier alpha value is -4.92. The van der Waals surface area contributed by atoms with Gasteiger partial charge < -0.3 is 20.5 Å². The molecule has 0 aliphatic heterocycles. The number of hydrogen-bond acceptors (Lipinski definition) is 7. The lowest BCUT2D eigenvalue weighted by Crippen LogP contribution is -2.14. The number of carbonyl (C=O) groups is 1. The highest BCUT2D eigenvalue weighted by molar-refractivity contribution is 6.16. The van der Waals surface area contributed by atoms with Gasteiger partial charge in [0.05, 0.1) is 31.5 Å². The first-order chi connectivity index (χ1) is 17.5. The number of amides is 1. The van der Waals surface area contributed by atoms with E-state index in [1.807, 2.05) is 67.6 Å². The Kier molecular flexibility index (Phi) is 5.95. The van der Waals surface area contributed by atoms with Crippen molar-refractivity contribution in [3.63, 3.8) is 0 Å². The predicted molar refractivity (Wildman–Crippen MR) is 141 cm³/mol. The molecule has 1 amide bonds. The number of nitrogens with one attached hydrogen (secondary N) is 1. The molecule has 36 heavy (non-hydrogen) atoms. The van der Waals surface area contributed by atoms with Crippen molar-refractivity contribution in [1.29, 1.82) is 0 Å². The van der Waals surface area contributed by atoms with Crippen molar-refractivity contribution in [2.24, 2.45) is 5.10 Å². The molecule has 0 aliphatic rings. The van der Waals surface area contributed by atoms with Crippen LogP contribution in [-0.4, -0.2) is 41.0 Å². The van der Waals surface area contributed by atoms with Crippen LogP contribution in [0.3, 0.4) is 0 Å². The summed E-state index contributed by atoms with van der Waals surface area (Å²) in [5, 5.41) is 7.48. The largest absolute Gasteiger partial charge is 0.493 e. The number of nitrogen functional groups attached to an aromatic ring is 1. The number of carbonyl (C=O) groups excluding carboxylic acids is 1. The van der Waals surface area contributed by atoms with E-state index >= 15 is 0 Å². The molecule has 5 rings (SSSR count). The lowest BCUT2D eigenvalue weighted by Gasteiger charge is -2.09. The summed E-state index contributed by atoms with van der Waals surface area (Å²) >= 11 is 0. The van der Waals surface area contributed by atoms with E-state index in [1.165, 1.54) is 4.68 Å². The molecule has 0 unspecified atom stereocenters. The van der Waals surface area contributed by atoms with E-state index in [4.69, 9.17) is 25.2 Å². The number of nitrogens with zero attached hydrogens (tertiary/aromatic N) is 4. The molecule has 0 atom stereocenters. The van der Waals surface area contributed by atoms with Gasteiger partial charge in [-0.05, 0) is 48.9 Å². The van der Waals surface area contributed by atoms with Crippen molar-refractivity contribution >= 4 is 45.8 Å². The normalized spacial score (nSPS) is 11.3. The van der Waals surface area contributed by atoms with E-state index in [0.717, 1.165) is 5.56 Å². The number of aryl methyl sites for hydroxylation is 1. The second-order valence-corrected chi connectivity index (χ2v) is 8.11. The fourth-order valence-electron chi connectivity index (χ4n) is 4.04. The predicted octanol–water partition coefficient (Wildman–Crippen LogP) is 4.63. The Bertz CT molecular complexity index is 1640. The van der Waals surface area contributed by atoms with E-state index in [2.05, 4.69) is 10.4 Å². The topological polar surface area (TPSA) is 117 Å². The minimum Gasteiger partial charge on any atom is -0.493 e. The van der Waals surface area contributed by atoms with Crippen LogP contribution in [0.5, 0.6) is 11.5 Å². The van der Waals surface area contributed by atoms with Crippen molar-refractivity contribution in [1.82, 2.24) is 14.6 Å². The Morgan fingerprint density at radius 2 is 1.75 bits per heavy atom. The number of aromatic nitrogens is 3. The highest BCUT2D eigenvalue weighted by Crippen LogP contribution is 2.31. The standard InChI is InChI=1S/C27H24N6O3/c1-16-8-6-10-18(14-16)30-27(34)22-23-26(32-20-12-5-4-11-19(20)31-23)33(25(22)28)29-15-17-9-7-13-21(35-2)24(17)36-3/h4-15H,28H2,1-3H3,(H,30,34)/b29-15-. The van der Waals surface area contributed by atoms with Gasteiger partial charge in [0.2, 0.25) is 0 Å². The van der Waals surface area contributed by atoms with Crippen molar-refractivity contribution < 1.29 is 14.3 Å². The van der Waals surface area contributed by atoms with Crippen molar-refractivity contribution in [3.05, 3.63) is 83.4 Å². The maximum absolute atomic E-state index is 13.4. The Morgan fingerprint density at radius 3 is 2.47 bits per heavy atom. The lowest BCUT2D eigenvalue weighted by atomic mass is 10.2. The molecule has 3 N–H and O–H groups in total. The summed E-state index contributed by atoms with van der Waals surface area (Å²) in [6.07, 6.45) is 1.58. The van der Waals surface area contributed by atoms with Gasteiger partial charge in [0.1, 0.15) is 16.9 Å². The third-order valence-electron chi connectivity index (χ3n) is 5.72. The van der Waals surface area contributed by atoms with Crippen LogP contribution in [0.4, 0.5) is 11.5 Å². The SMILES string of the molecule is COc1cccc(/C=N\n2c(N)c(C(=O)Nc3cccc(C)c3)c3nc4ccccc4nc32)c1OC. The third-order valence-corrected chi connectivity index (χ3v) is 5.72. The smallest absolute Gasteiger partial charge is 0.261 e. The first-order valence-electron chi connectivity index (χ1n) is 11.2. The van der Waals surface area contributed by atoms with Crippen LogP contribution in [0.1, 0.15) is 21.5 Å². The van der Waals surface area contributed by atoms with Crippen LogP contribution in [0.2, 0.25) is 0 Å². The van der Waals surface area contributed by atoms with Gasteiger partial charge in [-0.2, -0.15) is 9.78 Å². The second-order valence-electron chi connectivity index (χ2n) is 8.11. The van der Waals surface area contributed by atoms with Crippen molar-refractivity contribution in [2.45, 2.75) is 6.92 Å². The van der Waals surface area contributed by atoms with Crippen LogP contribution in [0.15, 0.2) is 71.8 Å². The Balaban J connectivity index is 1.67. The summed E-state index contributed by atoms with van der Waals surface area (Å²) in [7, 11) is 3.12. The molecule has 0 saturated heterocycles. The molecule has 3 aromatic carbocycles. The number of anilines is 2. The molecule has 9 nitrogen and oxygen atoms in total. The van der Waals surface area contributed by atoms with Gasteiger partial charge in [-0.1, -0.05) is 30.3 Å². The highest BCUT2D eigenvalue weighted by Gasteiger charge is 2.24. The summed E-state index contributed by atoms with van der Waals surface area (Å²) in [5.41, 5.74) is 11.0. The lowest BCUT2D eigenvalue weighted by molar-refractivity contribution is 0.102. The Morgan fingerprint density at radius 1 is 1.00 bits per heavy atom. The number of benzene rings is 3. The van der Waals surface area contributed by atoms with Gasteiger partial charge in [0, 0.05) is 11.3 Å². The number of nitrogens with two attached hydrogens (primary N) is 1. The van der Waals surface area contributed by atoms with Gasteiger partial charge in [0.15, 0.2) is 17.1 Å². The van der Waals surface area contributed by atoms with Gasteiger partial charge >= 0.3 is 0 Å². The van der Waals surface area contributed by atoms with Crippen LogP contribution in [0.25, 0.3) is 22.2 Å². The maximum Gasteiger partial charge on any atom is 0.261 e. The molecule has 0 spiro atoms. The van der Waals surface area contributed by atoms with Gasteiger partial charge in [-0.15, -0.1) is 0 Å². The fourth-order valence-corrected chi connectivity index (χ4v) is 4.04. The van der Waals surface area contributed by atoms with Crippen LogP contribution in [0, 0.1) is 6.92 Å². The van der Waals surface area contributed by atoms with Gasteiger partial charge in [0.25, 0.3) is 5.91 Å². The molecule has 180 valence electrons. The van der Waals surface area contributed by atoms with E-state index in [-0.39, 0.29) is 11.4 Å². The second kappa shape index (κ2) is 9.38. The summed E-state index contributed by atoms with van der Waals surface area (Å²) < 4.78 is 12.3. The zero-order valence-corrected chi connectivity index (χ0v) is 20.0. The zero-order chi connectivity index (χ0) is 25.2. The van der Waals surface area contributed by atoms with Crippen LogP contribution < -0.4 is 20.5 Å². The minimum atomic E-state index is -0.402. The quantitative estimate of drug-likeness (QED) is 0.342. The van der Waals surface area contributed by atoms with Crippen LogP contribution in [-0.2, 0) is 0 Å². The minimum absolute atomic E-state index is 0.114. The number of ether oxygens (including phenoxy) is 2. The molecule has 0 saturated carbocycles. The number of methoxy groups -OCH3 is 2. The first-order valence-corrected chi connectivity index (χ1v) is 11.2. The molecule has 5 aromatic rings. The zero-order valence-electron chi connectivity index (χ0n) is 20.0. The van der Waals surface area contributed by atoms with Crippen molar-refractivity contribution in [2.75, 3.05) is 25.3 Å². The maximum atomic E-state index is 13.4. The first kappa shape index (κ1) is 22.9.